The lowest BCUT2D eigenvalue weighted by Crippen LogP contribution is -2.22. The summed E-state index contributed by atoms with van der Waals surface area (Å²) in [6.45, 7) is 3.43. The Morgan fingerprint density at radius 3 is 2.85 bits per heavy atom. The van der Waals surface area contributed by atoms with Gasteiger partial charge in [-0.25, -0.2) is 9.67 Å². The topological polar surface area (TPSA) is 79.9 Å². The molecule has 0 amide bonds. The van der Waals surface area contributed by atoms with Crippen molar-refractivity contribution in [3.63, 3.8) is 0 Å². The van der Waals surface area contributed by atoms with E-state index in [0.29, 0.717) is 12.3 Å². The van der Waals surface area contributed by atoms with Gasteiger partial charge in [-0.15, -0.1) is 5.10 Å². The number of imidazole rings is 1. The molecule has 8 nitrogen and oxygen atoms in total. The highest BCUT2D eigenvalue weighted by molar-refractivity contribution is 7.98. The molecule has 20 heavy (non-hydrogen) atoms. The summed E-state index contributed by atoms with van der Waals surface area (Å²) >= 11 is 1.54. The molecule has 2 heterocycles. The van der Waals surface area contributed by atoms with E-state index < -0.39 is 0 Å². The first-order valence-electron chi connectivity index (χ1n) is 6.23. The Morgan fingerprint density at radius 1 is 1.35 bits per heavy atom. The second kappa shape index (κ2) is 7.36. The van der Waals surface area contributed by atoms with Gasteiger partial charge in [0.25, 0.3) is 0 Å². The molecule has 110 valence electrons. The third-order valence-electron chi connectivity index (χ3n) is 2.82. The van der Waals surface area contributed by atoms with E-state index in [-0.39, 0.29) is 6.29 Å². The Kier molecular flexibility index (Phi) is 5.50. The number of thioether (sulfide) groups is 1. The van der Waals surface area contributed by atoms with Gasteiger partial charge in [0, 0.05) is 33.2 Å². The maximum absolute atomic E-state index is 5.15. The van der Waals surface area contributed by atoms with Gasteiger partial charge >= 0.3 is 0 Å². The highest BCUT2D eigenvalue weighted by atomic mass is 32.2. The van der Waals surface area contributed by atoms with Crippen LogP contribution >= 0.6 is 11.8 Å². The number of hydrogen-bond acceptors (Lipinski definition) is 7. The molecule has 2 rings (SSSR count). The van der Waals surface area contributed by atoms with Crippen molar-refractivity contribution in [2.75, 3.05) is 14.2 Å². The average Bonchev–Trinajstić information content (AvgIpc) is 3.10. The first-order valence-corrected chi connectivity index (χ1v) is 7.21. The summed E-state index contributed by atoms with van der Waals surface area (Å²) in [6.07, 6.45) is 3.40. The minimum absolute atomic E-state index is 0.365. The molecule has 0 atom stereocenters. The van der Waals surface area contributed by atoms with E-state index in [2.05, 4.69) is 32.0 Å². The van der Waals surface area contributed by atoms with E-state index in [1.807, 2.05) is 6.20 Å². The van der Waals surface area contributed by atoms with Crippen LogP contribution in [0.1, 0.15) is 12.7 Å². The van der Waals surface area contributed by atoms with Gasteiger partial charge in [0.1, 0.15) is 5.82 Å². The first-order chi connectivity index (χ1) is 9.78. The Labute approximate surface area is 121 Å². The Morgan fingerprint density at radius 2 is 2.15 bits per heavy atom. The summed E-state index contributed by atoms with van der Waals surface area (Å²) in [7, 11) is 3.17. The molecule has 0 unspecified atom stereocenters. The van der Waals surface area contributed by atoms with Crippen molar-refractivity contribution in [1.29, 1.82) is 0 Å². The van der Waals surface area contributed by atoms with Gasteiger partial charge in [0.05, 0.1) is 12.3 Å². The molecule has 0 spiro atoms. The molecule has 0 bridgehead atoms. The van der Waals surface area contributed by atoms with Crippen molar-refractivity contribution in [3.8, 4) is 0 Å². The van der Waals surface area contributed by atoms with Crippen LogP contribution in [0.2, 0.25) is 0 Å². The summed E-state index contributed by atoms with van der Waals surface area (Å²) in [5, 5.41) is 12.4. The van der Waals surface area contributed by atoms with Gasteiger partial charge in [-0.3, -0.25) is 0 Å². The van der Waals surface area contributed by atoms with Crippen LogP contribution < -0.4 is 0 Å². The Bertz CT molecular complexity index is 524. The minimum atomic E-state index is -0.365. The van der Waals surface area contributed by atoms with E-state index in [1.165, 1.54) is 11.8 Å². The molecule has 0 radical (unpaired) electrons. The van der Waals surface area contributed by atoms with Crippen LogP contribution in [0.15, 0.2) is 17.6 Å². The second-order valence-corrected chi connectivity index (χ2v) is 4.91. The standard InChI is InChI=1S/C11H18N6O2S/c1-4-16-6-5-12-9(16)8-20-11-13-14-15-17(11)7-10(18-2)19-3/h5-6,10H,4,7-8H2,1-3H3. The van der Waals surface area contributed by atoms with Gasteiger partial charge < -0.3 is 14.0 Å². The average molecular weight is 298 g/mol. The monoisotopic (exact) mass is 298 g/mol. The molecular formula is C11H18N6O2S. The molecular weight excluding hydrogens is 280 g/mol. The molecule has 9 heteroatoms. The lowest BCUT2D eigenvalue weighted by Gasteiger charge is -2.13. The zero-order valence-corrected chi connectivity index (χ0v) is 12.6. The van der Waals surface area contributed by atoms with Crippen molar-refractivity contribution >= 4 is 11.8 Å². The third kappa shape index (κ3) is 3.56. The summed E-state index contributed by atoms with van der Waals surface area (Å²) < 4.78 is 14.1. The summed E-state index contributed by atoms with van der Waals surface area (Å²) in [6, 6.07) is 0. The van der Waals surface area contributed by atoms with Crippen molar-refractivity contribution in [3.05, 3.63) is 18.2 Å². The normalized spacial score (nSPS) is 11.4. The SMILES string of the molecule is CCn1ccnc1CSc1nnnn1CC(OC)OC. The van der Waals surface area contributed by atoms with Crippen molar-refractivity contribution in [2.24, 2.45) is 0 Å². The van der Waals surface area contributed by atoms with Gasteiger partial charge in [-0.05, 0) is 17.4 Å². The number of rotatable bonds is 8. The molecule has 0 aliphatic rings. The van der Waals surface area contributed by atoms with Gasteiger partial charge in [-0.2, -0.15) is 0 Å². The molecule has 0 saturated heterocycles. The molecule has 0 aliphatic carbocycles. The number of aryl methyl sites for hydroxylation is 1. The second-order valence-electron chi connectivity index (χ2n) is 3.96. The lowest BCUT2D eigenvalue weighted by molar-refractivity contribution is -0.113. The van der Waals surface area contributed by atoms with Crippen molar-refractivity contribution in [1.82, 2.24) is 29.8 Å². The number of nitrogens with zero attached hydrogens (tertiary/aromatic N) is 6. The molecule has 2 aromatic rings. The fourth-order valence-electron chi connectivity index (χ4n) is 1.70. The van der Waals surface area contributed by atoms with Crippen LogP contribution in [0.3, 0.4) is 0 Å². The number of ether oxygens (including phenoxy) is 2. The lowest BCUT2D eigenvalue weighted by atomic mass is 10.6. The van der Waals surface area contributed by atoms with Gasteiger partial charge in [0.15, 0.2) is 6.29 Å². The van der Waals surface area contributed by atoms with E-state index in [9.17, 15) is 0 Å². The summed E-state index contributed by atoms with van der Waals surface area (Å²) in [5.74, 6) is 1.72. The first kappa shape index (κ1) is 14.9. The van der Waals surface area contributed by atoms with E-state index >= 15 is 0 Å². The maximum Gasteiger partial charge on any atom is 0.209 e. The summed E-state index contributed by atoms with van der Waals surface area (Å²) in [4.78, 5) is 4.32. The zero-order valence-electron chi connectivity index (χ0n) is 11.8. The quantitative estimate of drug-likeness (QED) is 0.527. The van der Waals surface area contributed by atoms with E-state index in [4.69, 9.17) is 9.47 Å². The fraction of sp³-hybridized carbons (Fsp3) is 0.636. The van der Waals surface area contributed by atoms with Crippen molar-refractivity contribution in [2.45, 2.75) is 37.2 Å². The molecule has 0 saturated carbocycles. The highest BCUT2D eigenvalue weighted by Crippen LogP contribution is 2.19. The Hall–Kier alpha value is -1.45. The van der Waals surface area contributed by atoms with Crippen LogP contribution in [0, 0.1) is 0 Å². The van der Waals surface area contributed by atoms with Crippen LogP contribution in [0.4, 0.5) is 0 Å². The van der Waals surface area contributed by atoms with Crippen LogP contribution in [-0.4, -0.2) is 50.3 Å². The van der Waals surface area contributed by atoms with E-state index in [0.717, 1.165) is 17.5 Å². The van der Waals surface area contributed by atoms with Crippen molar-refractivity contribution < 1.29 is 9.47 Å². The van der Waals surface area contributed by atoms with Gasteiger partial charge in [-0.1, -0.05) is 11.8 Å². The van der Waals surface area contributed by atoms with Gasteiger partial charge in [0.2, 0.25) is 5.16 Å². The van der Waals surface area contributed by atoms with Crippen LogP contribution in [0.25, 0.3) is 0 Å². The summed E-state index contributed by atoms with van der Waals surface area (Å²) in [5.41, 5.74) is 0. The maximum atomic E-state index is 5.15. The highest BCUT2D eigenvalue weighted by Gasteiger charge is 2.13. The molecule has 0 aromatic carbocycles. The van der Waals surface area contributed by atoms with E-state index in [1.54, 1.807) is 25.1 Å². The molecule has 0 N–H and O–H groups in total. The number of hydrogen-bond donors (Lipinski definition) is 0. The number of aromatic nitrogens is 6. The largest absolute Gasteiger partial charge is 0.354 e. The fourth-order valence-corrected chi connectivity index (χ4v) is 2.55. The van der Waals surface area contributed by atoms with Crippen LogP contribution in [0.5, 0.6) is 0 Å². The predicted octanol–water partition coefficient (Wildman–Crippen LogP) is 0.801. The minimum Gasteiger partial charge on any atom is -0.354 e. The van der Waals surface area contributed by atoms with Crippen LogP contribution in [-0.2, 0) is 28.3 Å². The molecule has 0 aliphatic heterocycles. The number of tetrazole rings is 1. The zero-order chi connectivity index (χ0) is 14.4. The third-order valence-corrected chi connectivity index (χ3v) is 3.77. The number of methoxy groups -OCH3 is 2. The smallest absolute Gasteiger partial charge is 0.209 e. The predicted molar refractivity (Wildman–Crippen MR) is 73.1 cm³/mol. The molecule has 0 fully saturated rings. The Balaban J connectivity index is 1.98. The molecule has 2 aromatic heterocycles.